The molecule has 2 bridgehead atoms. The van der Waals surface area contributed by atoms with E-state index in [-0.39, 0.29) is 0 Å². The van der Waals surface area contributed by atoms with Crippen molar-refractivity contribution in [3.63, 3.8) is 0 Å². The molecule has 100 valence electrons. The Morgan fingerprint density at radius 2 is 2.05 bits per heavy atom. The van der Waals surface area contributed by atoms with Crippen LogP contribution in [0.25, 0.3) is 11.5 Å². The average molecular weight is 323 g/mol. The molecule has 0 amide bonds. The molecule has 5 rings (SSSR count). The third kappa shape index (κ3) is 2.14. The van der Waals surface area contributed by atoms with Crippen molar-refractivity contribution in [1.29, 1.82) is 0 Å². The molecule has 0 unspecified atom stereocenters. The van der Waals surface area contributed by atoms with Crippen molar-refractivity contribution in [3.8, 4) is 11.5 Å². The Labute approximate surface area is 118 Å². The Hall–Kier alpha value is -1.10. The molecule has 19 heavy (non-hydrogen) atoms. The molecule has 5 heterocycles. The molecule has 6 heteroatoms. The average Bonchev–Trinajstić information content (AvgIpc) is 3.05. The molecule has 3 aliphatic heterocycles. The van der Waals surface area contributed by atoms with Crippen LogP contribution in [0.15, 0.2) is 20.4 Å². The zero-order chi connectivity index (χ0) is 12.7. The number of nitrogens with zero attached hydrogens (tertiary/aromatic N) is 4. The molecule has 0 atom stereocenters. The summed E-state index contributed by atoms with van der Waals surface area (Å²) in [5.74, 6) is 0.671. The molecule has 3 saturated heterocycles. The first-order valence-corrected chi connectivity index (χ1v) is 8.73. The minimum atomic E-state index is 0.457. The Morgan fingerprint density at radius 1 is 1.16 bits per heavy atom. The van der Waals surface area contributed by atoms with E-state index in [9.17, 15) is 0 Å². The number of fused-ring (bicyclic) bond motifs is 4. The van der Waals surface area contributed by atoms with Crippen molar-refractivity contribution in [2.75, 3.05) is 31.1 Å². The van der Waals surface area contributed by atoms with E-state index in [0.717, 1.165) is 18.7 Å². The van der Waals surface area contributed by atoms with Gasteiger partial charge < -0.3 is 0 Å². The summed E-state index contributed by atoms with van der Waals surface area (Å²) in [7, 11) is 0. The summed E-state index contributed by atoms with van der Waals surface area (Å²) < 4.78 is 5.89. The van der Waals surface area contributed by atoms with E-state index in [1.54, 1.807) is 0 Å². The number of piperidine rings is 1. The topological polar surface area (TPSA) is 45.4 Å². The summed E-state index contributed by atoms with van der Waals surface area (Å²) in [6, 6.07) is 3.36. The van der Waals surface area contributed by atoms with Crippen LogP contribution in [0.1, 0.15) is 12.8 Å². The van der Waals surface area contributed by atoms with Gasteiger partial charge in [0.1, 0.15) is 0 Å². The van der Waals surface area contributed by atoms with Gasteiger partial charge in [-0.1, -0.05) is 0 Å². The van der Waals surface area contributed by atoms with Gasteiger partial charge in [-0.15, -0.1) is 0 Å². The summed E-state index contributed by atoms with van der Waals surface area (Å²) in [6.45, 7) is 4.53. The SMILES string of the molecule is c1cc(-c2nnc(N3CCN4CCC3CC4)o2)c[se]1. The van der Waals surface area contributed by atoms with Gasteiger partial charge in [-0.2, -0.15) is 0 Å². The van der Waals surface area contributed by atoms with Crippen LogP contribution in [0.3, 0.4) is 0 Å². The second-order valence-corrected chi connectivity index (χ2v) is 6.80. The van der Waals surface area contributed by atoms with Crippen molar-refractivity contribution >= 4 is 20.5 Å². The van der Waals surface area contributed by atoms with Gasteiger partial charge in [0.25, 0.3) is 0 Å². The first-order valence-electron chi connectivity index (χ1n) is 6.75. The van der Waals surface area contributed by atoms with Crippen molar-refractivity contribution in [1.82, 2.24) is 15.1 Å². The molecule has 2 aromatic heterocycles. The van der Waals surface area contributed by atoms with Gasteiger partial charge in [0.2, 0.25) is 0 Å². The molecule has 5 nitrogen and oxygen atoms in total. The fourth-order valence-corrected chi connectivity index (χ4v) is 4.29. The van der Waals surface area contributed by atoms with Gasteiger partial charge in [-0.05, 0) is 0 Å². The van der Waals surface area contributed by atoms with E-state index in [0.29, 0.717) is 32.5 Å². The van der Waals surface area contributed by atoms with Crippen molar-refractivity contribution < 1.29 is 4.42 Å². The van der Waals surface area contributed by atoms with E-state index in [1.165, 1.54) is 25.9 Å². The van der Waals surface area contributed by atoms with Gasteiger partial charge in [0.15, 0.2) is 0 Å². The van der Waals surface area contributed by atoms with Crippen LogP contribution in [0.4, 0.5) is 6.01 Å². The molecule has 0 saturated carbocycles. The summed E-state index contributed by atoms with van der Waals surface area (Å²) >= 11 is 0.457. The minimum absolute atomic E-state index is 0.457. The van der Waals surface area contributed by atoms with Gasteiger partial charge in [-0.3, -0.25) is 0 Å². The van der Waals surface area contributed by atoms with Crippen LogP contribution in [-0.2, 0) is 0 Å². The van der Waals surface area contributed by atoms with Gasteiger partial charge in [0, 0.05) is 0 Å². The number of hydrogen-bond donors (Lipinski definition) is 0. The molecule has 0 spiro atoms. The summed E-state index contributed by atoms with van der Waals surface area (Å²) in [4.78, 5) is 9.20. The van der Waals surface area contributed by atoms with Crippen molar-refractivity contribution in [2.24, 2.45) is 0 Å². The van der Waals surface area contributed by atoms with Crippen LogP contribution in [-0.4, -0.2) is 61.8 Å². The summed E-state index contributed by atoms with van der Waals surface area (Å²) in [5.41, 5.74) is 1.08. The fourth-order valence-electron chi connectivity index (χ4n) is 2.97. The van der Waals surface area contributed by atoms with E-state index < -0.39 is 0 Å². The van der Waals surface area contributed by atoms with E-state index in [2.05, 4.69) is 35.9 Å². The number of anilines is 1. The van der Waals surface area contributed by atoms with Crippen LogP contribution in [0.2, 0.25) is 0 Å². The quantitative estimate of drug-likeness (QED) is 0.774. The van der Waals surface area contributed by atoms with Gasteiger partial charge in [-0.25, -0.2) is 0 Å². The molecule has 2 aromatic rings. The Morgan fingerprint density at radius 3 is 2.84 bits per heavy atom. The summed E-state index contributed by atoms with van der Waals surface area (Å²) in [5, 5.41) is 8.47. The van der Waals surface area contributed by atoms with Crippen LogP contribution in [0, 0.1) is 0 Å². The molecule has 3 fully saturated rings. The second-order valence-electron chi connectivity index (χ2n) is 5.17. The first-order chi connectivity index (χ1) is 9.40. The predicted molar refractivity (Wildman–Crippen MR) is 73.5 cm³/mol. The van der Waals surface area contributed by atoms with Gasteiger partial charge >= 0.3 is 117 Å². The summed E-state index contributed by atoms with van der Waals surface area (Å²) in [6.07, 6.45) is 2.42. The molecule has 0 aromatic carbocycles. The number of rotatable bonds is 2. The van der Waals surface area contributed by atoms with Gasteiger partial charge in [0.05, 0.1) is 0 Å². The van der Waals surface area contributed by atoms with Crippen molar-refractivity contribution in [2.45, 2.75) is 18.9 Å². The zero-order valence-electron chi connectivity index (χ0n) is 10.7. The van der Waals surface area contributed by atoms with Crippen LogP contribution in [0.5, 0.6) is 0 Å². The zero-order valence-corrected chi connectivity index (χ0v) is 12.4. The van der Waals surface area contributed by atoms with Crippen LogP contribution < -0.4 is 4.90 Å². The third-order valence-electron chi connectivity index (χ3n) is 4.08. The number of aromatic nitrogens is 2. The van der Waals surface area contributed by atoms with Crippen LogP contribution >= 0.6 is 0 Å². The molecule has 0 radical (unpaired) electrons. The third-order valence-corrected chi connectivity index (χ3v) is 5.52. The van der Waals surface area contributed by atoms with E-state index in [4.69, 9.17) is 4.42 Å². The molecule has 0 N–H and O–H groups in total. The van der Waals surface area contributed by atoms with E-state index in [1.807, 2.05) is 0 Å². The standard InChI is InChI=1S/C13H16N4OSe/c1-4-16-5-2-11(1)17(7-6-16)13-15-14-12(18-13)10-3-8-19-9-10/h3,8-9,11H,1-2,4-7H2. The second kappa shape index (κ2) is 4.78. The molecular weight excluding hydrogens is 307 g/mol. The fraction of sp³-hybridized carbons (Fsp3) is 0.538. The number of hydrogen-bond acceptors (Lipinski definition) is 5. The first kappa shape index (κ1) is 11.7. The maximum atomic E-state index is 5.89. The Bertz CT molecular complexity index is 545. The molecule has 0 aliphatic carbocycles. The Balaban J connectivity index is 1.62. The molecule has 3 aliphatic rings. The van der Waals surface area contributed by atoms with E-state index >= 15 is 0 Å². The maximum absolute atomic E-state index is 5.89. The molecular formula is C13H16N4OSe. The van der Waals surface area contributed by atoms with Crippen molar-refractivity contribution in [3.05, 3.63) is 15.9 Å². The predicted octanol–water partition coefficient (Wildman–Crippen LogP) is 1.08. The Kier molecular flexibility index (Phi) is 2.94. The normalized spacial score (nSPS) is 26.6. The monoisotopic (exact) mass is 324 g/mol.